The zero-order valence-electron chi connectivity index (χ0n) is 9.78. The van der Waals surface area contributed by atoms with E-state index in [1.807, 2.05) is 17.7 Å². The molecule has 0 spiro atoms. The van der Waals surface area contributed by atoms with E-state index in [2.05, 4.69) is 34.5 Å². The molecule has 0 aliphatic carbocycles. The molecule has 2 aromatic rings. The maximum atomic E-state index is 5.68. The number of nitrogens with two attached hydrogens (primary N) is 1. The Hall–Kier alpha value is -1.33. The van der Waals surface area contributed by atoms with Gasteiger partial charge in [-0.15, -0.1) is 10.2 Å². The molecule has 17 heavy (non-hydrogen) atoms. The van der Waals surface area contributed by atoms with Crippen LogP contribution in [0.25, 0.3) is 0 Å². The van der Waals surface area contributed by atoms with Crippen LogP contribution in [0.1, 0.15) is 17.2 Å². The van der Waals surface area contributed by atoms with Gasteiger partial charge in [-0.1, -0.05) is 42.1 Å². The summed E-state index contributed by atoms with van der Waals surface area (Å²) >= 11 is 1.71. The van der Waals surface area contributed by atoms with Crippen molar-refractivity contribution in [2.45, 2.75) is 16.8 Å². The summed E-state index contributed by atoms with van der Waals surface area (Å²) in [6.07, 6.45) is 2.65. The molecule has 1 heterocycles. The predicted molar refractivity (Wildman–Crippen MR) is 69.7 cm³/mol. The zero-order chi connectivity index (χ0) is 12.1. The lowest BCUT2D eigenvalue weighted by atomic mass is 10.1. The lowest BCUT2D eigenvalue weighted by molar-refractivity contribution is 0.766. The van der Waals surface area contributed by atoms with E-state index in [-0.39, 0.29) is 0 Å². The first-order valence-corrected chi connectivity index (χ1v) is 6.45. The van der Waals surface area contributed by atoms with Gasteiger partial charge >= 0.3 is 0 Å². The molecule has 2 rings (SSSR count). The molecule has 0 saturated carbocycles. The van der Waals surface area contributed by atoms with Crippen molar-refractivity contribution >= 4 is 11.8 Å². The van der Waals surface area contributed by atoms with Gasteiger partial charge in [-0.05, 0) is 18.5 Å². The molecule has 1 aromatic carbocycles. The molecular formula is C12H16N4S. The van der Waals surface area contributed by atoms with Crippen LogP contribution in [0.5, 0.6) is 0 Å². The molecule has 2 N–H and O–H groups in total. The van der Waals surface area contributed by atoms with E-state index in [9.17, 15) is 0 Å². The summed E-state index contributed by atoms with van der Waals surface area (Å²) in [4.78, 5) is 0. The first kappa shape index (κ1) is 12.1. The van der Waals surface area contributed by atoms with E-state index in [4.69, 9.17) is 5.73 Å². The highest BCUT2D eigenvalue weighted by molar-refractivity contribution is 7.99. The van der Waals surface area contributed by atoms with Crippen molar-refractivity contribution in [3.05, 3.63) is 42.2 Å². The quantitative estimate of drug-likeness (QED) is 0.822. The minimum absolute atomic E-state index is 0.337. The van der Waals surface area contributed by atoms with Crippen molar-refractivity contribution in [2.24, 2.45) is 12.8 Å². The number of aryl methyl sites for hydroxylation is 1. The molecule has 0 radical (unpaired) electrons. The Morgan fingerprint density at radius 2 is 2.12 bits per heavy atom. The molecule has 0 saturated heterocycles. The molecule has 90 valence electrons. The third-order valence-electron chi connectivity index (χ3n) is 2.52. The molecule has 5 heteroatoms. The van der Waals surface area contributed by atoms with Crippen LogP contribution in [-0.2, 0) is 7.05 Å². The number of rotatable bonds is 5. The van der Waals surface area contributed by atoms with Gasteiger partial charge in [-0.25, -0.2) is 0 Å². The molecule has 0 fully saturated rings. The van der Waals surface area contributed by atoms with Crippen LogP contribution in [0.3, 0.4) is 0 Å². The van der Waals surface area contributed by atoms with Crippen molar-refractivity contribution in [3.63, 3.8) is 0 Å². The normalized spacial score (nSPS) is 12.6. The van der Waals surface area contributed by atoms with Gasteiger partial charge in [-0.3, -0.25) is 0 Å². The third kappa shape index (κ3) is 3.08. The standard InChI is InChI=1S/C12H16N4S/c1-16-9-14-15-12(16)17-11(7-8-13)10-5-3-2-4-6-10/h2-6,9,11H,7-8,13H2,1H3. The van der Waals surface area contributed by atoms with Crippen molar-refractivity contribution in [1.82, 2.24) is 14.8 Å². The summed E-state index contributed by atoms with van der Waals surface area (Å²) in [7, 11) is 1.95. The highest BCUT2D eigenvalue weighted by Gasteiger charge is 2.14. The molecule has 0 aliphatic heterocycles. The van der Waals surface area contributed by atoms with Crippen LogP contribution in [0, 0.1) is 0 Å². The second-order valence-corrected chi connectivity index (χ2v) is 4.99. The molecule has 4 nitrogen and oxygen atoms in total. The SMILES string of the molecule is Cn1cnnc1SC(CCN)c1ccccc1. The number of hydrogen-bond donors (Lipinski definition) is 1. The van der Waals surface area contributed by atoms with Crippen LogP contribution in [-0.4, -0.2) is 21.3 Å². The van der Waals surface area contributed by atoms with E-state index in [1.54, 1.807) is 18.1 Å². The van der Waals surface area contributed by atoms with Crippen molar-refractivity contribution in [1.29, 1.82) is 0 Å². The molecule has 1 aromatic heterocycles. The lowest BCUT2D eigenvalue weighted by Crippen LogP contribution is -2.05. The summed E-state index contributed by atoms with van der Waals surface area (Å²) < 4.78 is 1.93. The van der Waals surface area contributed by atoms with Gasteiger partial charge in [0.25, 0.3) is 0 Å². The maximum Gasteiger partial charge on any atom is 0.191 e. The molecule has 0 bridgehead atoms. The Balaban J connectivity index is 2.16. The van der Waals surface area contributed by atoms with E-state index in [0.717, 1.165) is 11.6 Å². The van der Waals surface area contributed by atoms with Crippen LogP contribution >= 0.6 is 11.8 Å². The largest absolute Gasteiger partial charge is 0.330 e. The molecular weight excluding hydrogens is 232 g/mol. The van der Waals surface area contributed by atoms with Gasteiger partial charge in [0.2, 0.25) is 0 Å². The molecule has 0 aliphatic rings. The van der Waals surface area contributed by atoms with E-state index < -0.39 is 0 Å². The second kappa shape index (κ2) is 5.84. The number of nitrogens with zero attached hydrogens (tertiary/aromatic N) is 3. The second-order valence-electron chi connectivity index (χ2n) is 3.82. The molecule has 0 amide bonds. The minimum Gasteiger partial charge on any atom is -0.330 e. The van der Waals surface area contributed by atoms with Gasteiger partial charge in [0, 0.05) is 12.3 Å². The first-order chi connectivity index (χ1) is 8.31. The Bertz CT molecular complexity index is 455. The third-order valence-corrected chi connectivity index (χ3v) is 3.89. The number of thioether (sulfide) groups is 1. The number of benzene rings is 1. The lowest BCUT2D eigenvalue weighted by Gasteiger charge is -2.15. The van der Waals surface area contributed by atoms with Crippen molar-refractivity contribution < 1.29 is 0 Å². The fourth-order valence-electron chi connectivity index (χ4n) is 1.62. The summed E-state index contributed by atoms with van der Waals surface area (Å²) in [5.74, 6) is 0. The first-order valence-electron chi connectivity index (χ1n) is 5.57. The van der Waals surface area contributed by atoms with E-state index in [1.165, 1.54) is 5.56 Å². The predicted octanol–water partition coefficient (Wildman–Crippen LogP) is 2.00. The Morgan fingerprint density at radius 3 is 2.71 bits per heavy atom. The van der Waals surface area contributed by atoms with E-state index >= 15 is 0 Å². The fourth-order valence-corrected chi connectivity index (χ4v) is 2.73. The Morgan fingerprint density at radius 1 is 1.35 bits per heavy atom. The average Bonchev–Trinajstić information content (AvgIpc) is 2.76. The highest BCUT2D eigenvalue weighted by atomic mass is 32.2. The molecule has 1 atom stereocenters. The van der Waals surface area contributed by atoms with Gasteiger partial charge in [0.15, 0.2) is 5.16 Å². The van der Waals surface area contributed by atoms with Crippen LogP contribution < -0.4 is 5.73 Å². The fraction of sp³-hybridized carbons (Fsp3) is 0.333. The molecule has 1 unspecified atom stereocenters. The topological polar surface area (TPSA) is 56.7 Å². The summed E-state index contributed by atoms with van der Waals surface area (Å²) in [6, 6.07) is 10.4. The minimum atomic E-state index is 0.337. The van der Waals surface area contributed by atoms with Crippen LogP contribution in [0.15, 0.2) is 41.8 Å². The van der Waals surface area contributed by atoms with Crippen molar-refractivity contribution in [3.8, 4) is 0 Å². The van der Waals surface area contributed by atoms with Crippen LogP contribution in [0.2, 0.25) is 0 Å². The maximum absolute atomic E-state index is 5.68. The summed E-state index contributed by atoms with van der Waals surface area (Å²) in [6.45, 7) is 0.671. The van der Waals surface area contributed by atoms with Gasteiger partial charge in [-0.2, -0.15) is 0 Å². The smallest absolute Gasteiger partial charge is 0.191 e. The summed E-state index contributed by atoms with van der Waals surface area (Å²) in [5.41, 5.74) is 6.96. The zero-order valence-corrected chi connectivity index (χ0v) is 10.6. The highest BCUT2D eigenvalue weighted by Crippen LogP contribution is 2.35. The Kier molecular flexibility index (Phi) is 4.17. The van der Waals surface area contributed by atoms with Gasteiger partial charge < -0.3 is 10.3 Å². The number of aromatic nitrogens is 3. The monoisotopic (exact) mass is 248 g/mol. The van der Waals surface area contributed by atoms with Gasteiger partial charge in [0.05, 0.1) is 0 Å². The number of hydrogen-bond acceptors (Lipinski definition) is 4. The van der Waals surface area contributed by atoms with Gasteiger partial charge in [0.1, 0.15) is 6.33 Å². The van der Waals surface area contributed by atoms with E-state index in [0.29, 0.717) is 11.8 Å². The summed E-state index contributed by atoms with van der Waals surface area (Å²) in [5, 5.41) is 9.25. The van der Waals surface area contributed by atoms with Crippen LogP contribution in [0.4, 0.5) is 0 Å². The van der Waals surface area contributed by atoms with Crippen molar-refractivity contribution in [2.75, 3.05) is 6.54 Å². The Labute approximate surface area is 105 Å². The average molecular weight is 248 g/mol.